The molecule has 0 bridgehead atoms. The molecule has 1 aromatic heterocycles. The van der Waals surface area contributed by atoms with Gasteiger partial charge in [-0.15, -0.1) is 0 Å². The lowest BCUT2D eigenvalue weighted by atomic mass is 9.78. The number of ether oxygens (including phenoxy) is 1. The molecule has 0 spiro atoms. The van der Waals surface area contributed by atoms with Crippen LogP contribution in [-0.4, -0.2) is 35.1 Å². The zero-order valence-electron chi connectivity index (χ0n) is 9.63. The summed E-state index contributed by atoms with van der Waals surface area (Å²) >= 11 is 0. The van der Waals surface area contributed by atoms with Crippen LogP contribution in [0.1, 0.15) is 10.4 Å². The summed E-state index contributed by atoms with van der Waals surface area (Å²) in [6.07, 6.45) is 0. The van der Waals surface area contributed by atoms with Crippen LogP contribution in [0.2, 0.25) is 0 Å². The van der Waals surface area contributed by atoms with Gasteiger partial charge in [0.15, 0.2) is 16.8 Å². The summed E-state index contributed by atoms with van der Waals surface area (Å²) in [7, 11) is 0. The van der Waals surface area contributed by atoms with Gasteiger partial charge in [0, 0.05) is 5.56 Å². The van der Waals surface area contributed by atoms with Gasteiger partial charge in [0.05, 0.1) is 18.7 Å². The topological polar surface area (TPSA) is 110 Å². The summed E-state index contributed by atoms with van der Waals surface area (Å²) in [5, 5.41) is 9.15. The number of hydrogen-bond donors (Lipinski definition) is 2. The number of aromatic nitrogens is 1. The molecule has 1 fully saturated rings. The second kappa shape index (κ2) is 3.79. The average Bonchev–Trinajstić information content (AvgIpc) is 2.65. The molecule has 1 aromatic carbocycles. The van der Waals surface area contributed by atoms with Crippen LogP contribution in [0.5, 0.6) is 0 Å². The lowest BCUT2D eigenvalue weighted by Gasteiger charge is -2.35. The summed E-state index contributed by atoms with van der Waals surface area (Å²) in [5.41, 5.74) is -0.669. The maximum absolute atomic E-state index is 12.3. The standard InChI is InChI=1S/C12H9NO6/c14-9(12(10(15)16)4-18-5-12)6-1-2-7-8(3-6)19-11(17)13-7/h1-3H,4-5H2,(H,13,17)(H,15,16). The fraction of sp³-hybridized carbons (Fsp3) is 0.250. The first-order chi connectivity index (χ1) is 9.03. The van der Waals surface area contributed by atoms with Gasteiger partial charge in [0.25, 0.3) is 0 Å². The van der Waals surface area contributed by atoms with Gasteiger partial charge >= 0.3 is 11.7 Å². The van der Waals surface area contributed by atoms with Crippen molar-refractivity contribution in [2.75, 3.05) is 13.2 Å². The Bertz CT molecular complexity index is 736. The Morgan fingerprint density at radius 1 is 1.32 bits per heavy atom. The fourth-order valence-electron chi connectivity index (χ4n) is 2.02. The molecule has 2 N–H and O–H groups in total. The highest BCUT2D eigenvalue weighted by molar-refractivity contribution is 6.13. The lowest BCUT2D eigenvalue weighted by molar-refractivity contribution is -0.168. The molecule has 0 saturated carbocycles. The van der Waals surface area contributed by atoms with E-state index in [0.717, 1.165) is 0 Å². The van der Waals surface area contributed by atoms with Crippen molar-refractivity contribution in [2.24, 2.45) is 5.41 Å². The molecule has 0 atom stereocenters. The second-order valence-corrected chi connectivity index (χ2v) is 4.43. The van der Waals surface area contributed by atoms with Gasteiger partial charge in [-0.05, 0) is 18.2 Å². The first-order valence-corrected chi connectivity index (χ1v) is 5.52. The van der Waals surface area contributed by atoms with Crippen LogP contribution in [0.25, 0.3) is 11.1 Å². The van der Waals surface area contributed by atoms with E-state index in [0.29, 0.717) is 5.52 Å². The summed E-state index contributed by atoms with van der Waals surface area (Å²) in [5.74, 6) is -2.38. The number of hydrogen-bond acceptors (Lipinski definition) is 5. The molecule has 2 heterocycles. The smallest absolute Gasteiger partial charge is 0.417 e. The number of carbonyl (C=O) groups is 2. The van der Waals surface area contributed by atoms with E-state index in [1.54, 1.807) is 0 Å². The molecule has 7 heteroatoms. The number of Topliss-reactive ketones (excluding diaryl/α,β-unsaturated/α-hetero) is 1. The highest BCUT2D eigenvalue weighted by Crippen LogP contribution is 2.32. The van der Waals surface area contributed by atoms with Crippen molar-refractivity contribution in [3.63, 3.8) is 0 Å². The predicted octanol–water partition coefficient (Wildman–Crippen LogP) is 0.405. The van der Waals surface area contributed by atoms with E-state index < -0.39 is 22.9 Å². The number of aromatic amines is 1. The highest BCUT2D eigenvalue weighted by atomic mass is 16.5. The zero-order valence-corrected chi connectivity index (χ0v) is 9.63. The minimum absolute atomic E-state index is 0.143. The number of nitrogens with one attached hydrogen (secondary N) is 1. The maximum Gasteiger partial charge on any atom is 0.417 e. The molecular weight excluding hydrogens is 254 g/mol. The van der Waals surface area contributed by atoms with Crippen molar-refractivity contribution in [3.8, 4) is 0 Å². The molecule has 1 aliphatic heterocycles. The van der Waals surface area contributed by atoms with E-state index in [-0.39, 0.29) is 24.4 Å². The van der Waals surface area contributed by atoms with Crippen molar-refractivity contribution in [1.82, 2.24) is 4.98 Å². The number of ketones is 1. The summed E-state index contributed by atoms with van der Waals surface area (Å²) in [6.45, 7) is -0.285. The van der Waals surface area contributed by atoms with E-state index in [9.17, 15) is 14.4 Å². The molecule has 0 aliphatic carbocycles. The maximum atomic E-state index is 12.3. The highest BCUT2D eigenvalue weighted by Gasteiger charge is 2.53. The van der Waals surface area contributed by atoms with E-state index in [2.05, 4.69) is 4.98 Å². The van der Waals surface area contributed by atoms with Gasteiger partial charge < -0.3 is 14.3 Å². The monoisotopic (exact) mass is 263 g/mol. The van der Waals surface area contributed by atoms with Gasteiger partial charge in [-0.25, -0.2) is 4.79 Å². The first kappa shape index (κ1) is 11.7. The number of carboxylic acids is 1. The largest absolute Gasteiger partial charge is 0.480 e. The Kier molecular flexibility index (Phi) is 2.33. The number of aliphatic carboxylic acids is 1. The van der Waals surface area contributed by atoms with Crippen LogP contribution in [-0.2, 0) is 9.53 Å². The molecule has 2 aromatic rings. The van der Waals surface area contributed by atoms with Gasteiger partial charge in [0.2, 0.25) is 0 Å². The summed E-state index contributed by atoms with van der Waals surface area (Å²) < 4.78 is 9.69. The Labute approximate surface area is 105 Å². The van der Waals surface area contributed by atoms with Crippen LogP contribution in [0.15, 0.2) is 27.4 Å². The van der Waals surface area contributed by atoms with Crippen molar-refractivity contribution < 1.29 is 23.8 Å². The molecule has 19 heavy (non-hydrogen) atoms. The van der Waals surface area contributed by atoms with Crippen molar-refractivity contribution >= 4 is 22.9 Å². The van der Waals surface area contributed by atoms with Gasteiger partial charge in [-0.3, -0.25) is 14.6 Å². The SMILES string of the molecule is O=C(O)C1(C(=O)c2ccc3[nH]c(=O)oc3c2)COC1. The predicted molar refractivity (Wildman–Crippen MR) is 62.1 cm³/mol. The Morgan fingerprint density at radius 2 is 2.05 bits per heavy atom. The average molecular weight is 263 g/mol. The minimum atomic E-state index is -1.52. The molecule has 7 nitrogen and oxygen atoms in total. The van der Waals surface area contributed by atoms with E-state index in [4.69, 9.17) is 14.3 Å². The number of H-pyrrole nitrogens is 1. The third-order valence-corrected chi connectivity index (χ3v) is 3.22. The molecule has 1 aliphatic rings. The molecule has 3 rings (SSSR count). The van der Waals surface area contributed by atoms with E-state index >= 15 is 0 Å². The number of rotatable bonds is 3. The van der Waals surface area contributed by atoms with Crippen molar-refractivity contribution in [2.45, 2.75) is 0 Å². The van der Waals surface area contributed by atoms with Crippen LogP contribution >= 0.6 is 0 Å². The minimum Gasteiger partial charge on any atom is -0.480 e. The van der Waals surface area contributed by atoms with Crippen LogP contribution in [0, 0.1) is 5.41 Å². The summed E-state index contributed by atoms with van der Waals surface area (Å²) in [6, 6.07) is 4.32. The number of benzene rings is 1. The first-order valence-electron chi connectivity index (χ1n) is 5.52. The molecule has 0 radical (unpaired) electrons. The number of carbonyl (C=O) groups excluding carboxylic acids is 1. The normalized spacial score (nSPS) is 17.1. The van der Waals surface area contributed by atoms with Crippen LogP contribution < -0.4 is 5.76 Å². The van der Waals surface area contributed by atoms with Crippen LogP contribution in [0.4, 0.5) is 0 Å². The van der Waals surface area contributed by atoms with Crippen molar-refractivity contribution in [3.05, 3.63) is 34.3 Å². The molecule has 0 unspecified atom stereocenters. The second-order valence-electron chi connectivity index (χ2n) is 4.43. The van der Waals surface area contributed by atoms with Crippen molar-refractivity contribution in [1.29, 1.82) is 0 Å². The fourth-order valence-corrected chi connectivity index (χ4v) is 2.02. The van der Waals surface area contributed by atoms with Gasteiger partial charge in [0.1, 0.15) is 0 Å². The lowest BCUT2D eigenvalue weighted by Crippen LogP contribution is -2.54. The Hall–Kier alpha value is -2.41. The third-order valence-electron chi connectivity index (χ3n) is 3.22. The van der Waals surface area contributed by atoms with Gasteiger partial charge in [-0.1, -0.05) is 0 Å². The molecule has 0 amide bonds. The van der Waals surface area contributed by atoms with Gasteiger partial charge in [-0.2, -0.15) is 0 Å². The Morgan fingerprint density at radius 3 is 2.63 bits per heavy atom. The third kappa shape index (κ3) is 1.59. The van der Waals surface area contributed by atoms with E-state index in [1.165, 1.54) is 18.2 Å². The zero-order chi connectivity index (χ0) is 13.6. The number of fused-ring (bicyclic) bond motifs is 1. The number of oxazole rings is 1. The number of carboxylic acid groups (broad SMARTS) is 1. The molecule has 98 valence electrons. The molecular formula is C12H9NO6. The summed E-state index contributed by atoms with van der Waals surface area (Å²) in [4.78, 5) is 36.9. The van der Waals surface area contributed by atoms with E-state index in [1.807, 2.05) is 0 Å². The quantitative estimate of drug-likeness (QED) is 0.613. The molecule has 1 saturated heterocycles. The van der Waals surface area contributed by atoms with Crippen LogP contribution in [0.3, 0.4) is 0 Å². The Balaban J connectivity index is 2.06.